The molecule has 0 aliphatic rings. The van der Waals surface area contributed by atoms with Crippen molar-refractivity contribution in [2.24, 2.45) is 4.99 Å². The first-order chi connectivity index (χ1) is 12.1. The molecule has 0 amide bonds. The van der Waals surface area contributed by atoms with Gasteiger partial charge in [0.2, 0.25) is 0 Å². The average Bonchev–Trinajstić information content (AvgIpc) is 3.01. The molecule has 3 aromatic rings. The van der Waals surface area contributed by atoms with Crippen LogP contribution in [-0.2, 0) is 4.74 Å². The van der Waals surface area contributed by atoms with Crippen molar-refractivity contribution < 1.29 is 13.5 Å². The van der Waals surface area contributed by atoms with Crippen LogP contribution >= 0.6 is 11.3 Å². The molecule has 0 aliphatic carbocycles. The highest BCUT2D eigenvalue weighted by Gasteiger charge is 2.14. The highest BCUT2D eigenvalue weighted by Crippen LogP contribution is 2.24. The second kappa shape index (κ2) is 7.72. The second-order valence-corrected chi connectivity index (χ2v) is 6.51. The molecule has 3 nitrogen and oxygen atoms in total. The van der Waals surface area contributed by atoms with Crippen molar-refractivity contribution in [1.29, 1.82) is 0 Å². The van der Waals surface area contributed by atoms with E-state index in [1.54, 1.807) is 31.4 Å². The van der Waals surface area contributed by atoms with E-state index in [4.69, 9.17) is 4.74 Å². The first-order valence-corrected chi connectivity index (χ1v) is 8.71. The standard InChI is InChI=1S/C19H18F2N2OS/c1-13(11-24-2)23-18(14-3-5-15(20)6-4-14)12-25-19(23)22-17-9-7-16(21)8-10-17/h3-10,12-13H,11H2,1-2H3/t13-/m1/s1. The van der Waals surface area contributed by atoms with Gasteiger partial charge < -0.3 is 9.30 Å². The predicted octanol–water partition coefficient (Wildman–Crippen LogP) is 4.93. The van der Waals surface area contributed by atoms with Crippen molar-refractivity contribution in [2.75, 3.05) is 13.7 Å². The maximum absolute atomic E-state index is 13.2. The van der Waals surface area contributed by atoms with E-state index < -0.39 is 0 Å². The van der Waals surface area contributed by atoms with Crippen LogP contribution in [0.25, 0.3) is 11.3 Å². The van der Waals surface area contributed by atoms with Crippen LogP contribution in [0.15, 0.2) is 58.9 Å². The molecule has 3 rings (SSSR count). The molecule has 1 heterocycles. The molecule has 0 radical (unpaired) electrons. The van der Waals surface area contributed by atoms with Crippen molar-refractivity contribution in [3.8, 4) is 11.3 Å². The van der Waals surface area contributed by atoms with E-state index in [-0.39, 0.29) is 17.7 Å². The zero-order valence-electron chi connectivity index (χ0n) is 13.9. The summed E-state index contributed by atoms with van der Waals surface area (Å²) in [5, 5.41) is 1.99. The average molecular weight is 360 g/mol. The van der Waals surface area contributed by atoms with Crippen molar-refractivity contribution in [1.82, 2.24) is 4.57 Å². The molecular formula is C19H18F2N2OS. The van der Waals surface area contributed by atoms with Crippen LogP contribution in [0, 0.1) is 11.6 Å². The van der Waals surface area contributed by atoms with Crippen LogP contribution in [-0.4, -0.2) is 18.3 Å². The highest BCUT2D eigenvalue weighted by atomic mass is 32.1. The molecule has 0 saturated heterocycles. The van der Waals surface area contributed by atoms with Crippen LogP contribution in [0.3, 0.4) is 0 Å². The lowest BCUT2D eigenvalue weighted by Gasteiger charge is -2.16. The fourth-order valence-electron chi connectivity index (χ4n) is 2.60. The van der Waals surface area contributed by atoms with Crippen molar-refractivity contribution in [3.05, 3.63) is 70.3 Å². The van der Waals surface area contributed by atoms with Gasteiger partial charge in [0.15, 0.2) is 4.80 Å². The number of benzene rings is 2. The number of halogens is 2. The number of rotatable bonds is 5. The number of hydrogen-bond acceptors (Lipinski definition) is 3. The Bertz CT molecular complexity index is 898. The Labute approximate surface area is 148 Å². The molecule has 1 aromatic heterocycles. The molecule has 0 aliphatic heterocycles. The maximum Gasteiger partial charge on any atom is 0.190 e. The molecule has 1 atom stereocenters. The van der Waals surface area contributed by atoms with Crippen LogP contribution in [0.4, 0.5) is 14.5 Å². The summed E-state index contributed by atoms with van der Waals surface area (Å²) in [5.74, 6) is -0.565. The number of ether oxygens (including phenoxy) is 1. The molecule has 2 aromatic carbocycles. The fourth-order valence-corrected chi connectivity index (χ4v) is 3.62. The van der Waals surface area contributed by atoms with E-state index in [2.05, 4.69) is 9.56 Å². The lowest BCUT2D eigenvalue weighted by atomic mass is 10.1. The fraction of sp³-hybridized carbons (Fsp3) is 0.211. The van der Waals surface area contributed by atoms with Gasteiger partial charge in [0, 0.05) is 12.5 Å². The summed E-state index contributed by atoms with van der Waals surface area (Å²) in [6.45, 7) is 2.55. The zero-order valence-corrected chi connectivity index (χ0v) is 14.8. The van der Waals surface area contributed by atoms with Gasteiger partial charge in [-0.15, -0.1) is 11.3 Å². The topological polar surface area (TPSA) is 26.5 Å². The van der Waals surface area contributed by atoms with Crippen LogP contribution in [0.2, 0.25) is 0 Å². The van der Waals surface area contributed by atoms with Gasteiger partial charge in [-0.2, -0.15) is 0 Å². The largest absolute Gasteiger partial charge is 0.383 e. The molecule has 0 N–H and O–H groups in total. The lowest BCUT2D eigenvalue weighted by molar-refractivity contribution is 0.162. The summed E-state index contributed by atoms with van der Waals surface area (Å²) in [4.78, 5) is 5.41. The SMILES string of the molecule is COC[C@@H](C)n1c(-c2ccc(F)cc2)csc1=Nc1ccc(F)cc1. The van der Waals surface area contributed by atoms with E-state index in [9.17, 15) is 8.78 Å². The Morgan fingerprint density at radius 2 is 1.64 bits per heavy atom. The molecule has 0 unspecified atom stereocenters. The number of methoxy groups -OCH3 is 1. The molecule has 0 spiro atoms. The van der Waals surface area contributed by atoms with Gasteiger partial charge in [0.1, 0.15) is 11.6 Å². The van der Waals surface area contributed by atoms with Gasteiger partial charge >= 0.3 is 0 Å². The molecule has 130 valence electrons. The summed E-state index contributed by atoms with van der Waals surface area (Å²) in [5.41, 5.74) is 2.52. The third-order valence-corrected chi connectivity index (χ3v) is 4.62. The summed E-state index contributed by atoms with van der Waals surface area (Å²) in [7, 11) is 1.65. The van der Waals surface area contributed by atoms with E-state index in [0.717, 1.165) is 16.1 Å². The summed E-state index contributed by atoms with van der Waals surface area (Å²) in [6.07, 6.45) is 0. The number of nitrogens with zero attached hydrogens (tertiary/aromatic N) is 2. The van der Waals surface area contributed by atoms with E-state index in [0.29, 0.717) is 12.3 Å². The molecule has 0 saturated carbocycles. The first-order valence-electron chi connectivity index (χ1n) is 7.83. The van der Waals surface area contributed by atoms with E-state index in [1.165, 1.54) is 35.6 Å². The third kappa shape index (κ3) is 4.03. The smallest absolute Gasteiger partial charge is 0.190 e. The van der Waals surface area contributed by atoms with Crippen molar-refractivity contribution >= 4 is 17.0 Å². The summed E-state index contributed by atoms with van der Waals surface area (Å²) >= 11 is 1.48. The molecular weight excluding hydrogens is 342 g/mol. The number of hydrogen-bond donors (Lipinski definition) is 0. The second-order valence-electron chi connectivity index (χ2n) is 5.67. The number of thiazole rings is 1. The minimum atomic E-state index is -0.294. The Balaban J connectivity index is 2.12. The Hall–Kier alpha value is -2.31. The third-order valence-electron chi connectivity index (χ3n) is 3.78. The zero-order chi connectivity index (χ0) is 17.8. The Kier molecular flexibility index (Phi) is 5.40. The maximum atomic E-state index is 13.2. The van der Waals surface area contributed by atoms with Gasteiger partial charge in [0.25, 0.3) is 0 Å². The Morgan fingerprint density at radius 3 is 2.24 bits per heavy atom. The minimum Gasteiger partial charge on any atom is -0.383 e. The van der Waals surface area contributed by atoms with Crippen molar-refractivity contribution in [3.63, 3.8) is 0 Å². The van der Waals surface area contributed by atoms with Crippen molar-refractivity contribution in [2.45, 2.75) is 13.0 Å². The monoisotopic (exact) mass is 360 g/mol. The molecule has 25 heavy (non-hydrogen) atoms. The van der Waals surface area contributed by atoms with Gasteiger partial charge in [-0.3, -0.25) is 0 Å². The van der Waals surface area contributed by atoms with Gasteiger partial charge in [-0.1, -0.05) is 0 Å². The quantitative estimate of drug-likeness (QED) is 0.633. The van der Waals surface area contributed by atoms with Crippen LogP contribution in [0.5, 0.6) is 0 Å². The minimum absolute atomic E-state index is 0.0375. The lowest BCUT2D eigenvalue weighted by Crippen LogP contribution is -2.22. The van der Waals surface area contributed by atoms with E-state index >= 15 is 0 Å². The molecule has 0 bridgehead atoms. The van der Waals surface area contributed by atoms with Gasteiger partial charge in [-0.05, 0) is 61.0 Å². The van der Waals surface area contributed by atoms with Crippen LogP contribution in [0.1, 0.15) is 13.0 Å². The molecule has 6 heteroatoms. The summed E-state index contributed by atoms with van der Waals surface area (Å²) < 4.78 is 33.7. The highest BCUT2D eigenvalue weighted by molar-refractivity contribution is 7.07. The van der Waals surface area contributed by atoms with Gasteiger partial charge in [0.05, 0.1) is 24.0 Å². The van der Waals surface area contributed by atoms with Crippen LogP contribution < -0.4 is 4.80 Å². The Morgan fingerprint density at radius 1 is 1.04 bits per heavy atom. The normalized spacial score (nSPS) is 13.2. The number of aromatic nitrogens is 1. The van der Waals surface area contributed by atoms with Gasteiger partial charge in [-0.25, -0.2) is 13.8 Å². The molecule has 0 fully saturated rings. The predicted molar refractivity (Wildman–Crippen MR) is 95.9 cm³/mol. The first kappa shape index (κ1) is 17.5. The van der Waals surface area contributed by atoms with E-state index in [1.807, 2.05) is 12.3 Å². The summed E-state index contributed by atoms with van der Waals surface area (Å²) in [6, 6.07) is 12.5.